The monoisotopic (exact) mass is 377 g/mol. The molecule has 1 saturated heterocycles. The average molecular weight is 378 g/mol. The number of carbonyl (C=O) groups excluding carboxylic acids is 1. The maximum Gasteiger partial charge on any atom is 0.225 e. The highest BCUT2D eigenvalue weighted by molar-refractivity contribution is 5.98. The Balaban J connectivity index is 1.58. The molecule has 148 valence electrons. The van der Waals surface area contributed by atoms with E-state index < -0.39 is 0 Å². The van der Waals surface area contributed by atoms with Crippen molar-refractivity contribution >= 4 is 11.7 Å². The van der Waals surface area contributed by atoms with Crippen LogP contribution in [0.15, 0.2) is 30.5 Å². The molecule has 0 bridgehead atoms. The van der Waals surface area contributed by atoms with Gasteiger partial charge in [-0.2, -0.15) is 0 Å². The first-order valence-electron chi connectivity index (χ1n) is 10.6. The third-order valence-corrected chi connectivity index (χ3v) is 6.25. The van der Waals surface area contributed by atoms with Gasteiger partial charge in [0.1, 0.15) is 0 Å². The first-order valence-corrected chi connectivity index (χ1v) is 10.6. The predicted molar refractivity (Wildman–Crippen MR) is 113 cm³/mol. The Morgan fingerprint density at radius 2 is 1.71 bits per heavy atom. The zero-order valence-corrected chi connectivity index (χ0v) is 17.5. The van der Waals surface area contributed by atoms with Crippen LogP contribution in [0.1, 0.15) is 79.6 Å². The fraction of sp³-hybridized carbons (Fsp3) is 0.542. The molecule has 0 spiro atoms. The number of ketones is 1. The molecule has 2 heterocycles. The number of piperidine rings is 1. The Labute approximate surface area is 168 Å². The number of hydrogen-bond acceptors (Lipinski definition) is 4. The highest BCUT2D eigenvalue weighted by Gasteiger charge is 2.30. The highest BCUT2D eigenvalue weighted by Crippen LogP contribution is 2.33. The molecule has 0 unspecified atom stereocenters. The van der Waals surface area contributed by atoms with Gasteiger partial charge in [0, 0.05) is 25.7 Å². The lowest BCUT2D eigenvalue weighted by molar-refractivity contribution is 0.0962. The fourth-order valence-electron chi connectivity index (χ4n) is 4.80. The first-order chi connectivity index (χ1) is 13.4. The zero-order valence-electron chi connectivity index (χ0n) is 17.5. The first kappa shape index (κ1) is 19.1. The molecule has 1 aromatic heterocycles. The number of rotatable bonds is 3. The molecule has 4 nitrogen and oxygen atoms in total. The topological polar surface area (TPSA) is 46.1 Å². The van der Waals surface area contributed by atoms with E-state index in [9.17, 15) is 4.79 Å². The Morgan fingerprint density at radius 3 is 2.36 bits per heavy atom. The highest BCUT2D eigenvalue weighted by atomic mass is 16.1. The van der Waals surface area contributed by atoms with Gasteiger partial charge in [-0.05, 0) is 47.6 Å². The van der Waals surface area contributed by atoms with Crippen LogP contribution in [0.5, 0.6) is 0 Å². The van der Waals surface area contributed by atoms with E-state index in [1.165, 1.54) is 17.5 Å². The molecule has 4 heteroatoms. The molecular weight excluding hydrogens is 346 g/mol. The van der Waals surface area contributed by atoms with Crippen LogP contribution in [0.4, 0.5) is 5.95 Å². The second-order valence-electron chi connectivity index (χ2n) is 9.23. The van der Waals surface area contributed by atoms with Gasteiger partial charge in [-0.3, -0.25) is 4.79 Å². The van der Waals surface area contributed by atoms with Crippen molar-refractivity contribution in [3.05, 3.63) is 52.8 Å². The molecule has 28 heavy (non-hydrogen) atoms. The van der Waals surface area contributed by atoms with E-state index in [1.54, 1.807) is 6.20 Å². The van der Waals surface area contributed by atoms with E-state index in [1.807, 2.05) is 0 Å². The number of carbonyl (C=O) groups is 1. The summed E-state index contributed by atoms with van der Waals surface area (Å²) in [6.07, 6.45) is 4.39. The summed E-state index contributed by atoms with van der Waals surface area (Å²) in [6.45, 7) is 11.0. The van der Waals surface area contributed by atoms with Crippen molar-refractivity contribution in [2.24, 2.45) is 11.8 Å². The summed E-state index contributed by atoms with van der Waals surface area (Å²) in [5.74, 6) is 3.00. The van der Waals surface area contributed by atoms with E-state index >= 15 is 0 Å². The van der Waals surface area contributed by atoms with Crippen molar-refractivity contribution in [2.45, 2.75) is 58.8 Å². The van der Waals surface area contributed by atoms with Crippen molar-refractivity contribution in [1.29, 1.82) is 0 Å². The van der Waals surface area contributed by atoms with E-state index in [4.69, 9.17) is 4.98 Å². The van der Waals surface area contributed by atoms with Crippen LogP contribution in [0, 0.1) is 11.8 Å². The molecule has 0 radical (unpaired) electrons. The standard InChI is InChI=1S/C24H31N3O/c1-15(2)18-5-7-19(8-6-18)20-10-22-21(23(28)11-20)12-25-24(26-22)27-13-16(3)9-17(4)14-27/h5-8,12,15-17,20H,9-11,13-14H2,1-4H3/t16-,17-,20+/m1/s1. The van der Waals surface area contributed by atoms with Crippen LogP contribution in [0.25, 0.3) is 0 Å². The Hall–Kier alpha value is -2.23. The molecule has 3 atom stereocenters. The molecule has 4 rings (SSSR count). The average Bonchev–Trinajstić information content (AvgIpc) is 2.67. The Morgan fingerprint density at radius 1 is 1.04 bits per heavy atom. The number of anilines is 1. The second kappa shape index (κ2) is 7.65. The van der Waals surface area contributed by atoms with Crippen molar-refractivity contribution in [3.63, 3.8) is 0 Å². The summed E-state index contributed by atoms with van der Waals surface area (Å²) >= 11 is 0. The van der Waals surface area contributed by atoms with Crippen molar-refractivity contribution in [1.82, 2.24) is 9.97 Å². The minimum absolute atomic E-state index is 0.172. The van der Waals surface area contributed by atoms with Crippen molar-refractivity contribution in [3.8, 4) is 0 Å². The van der Waals surface area contributed by atoms with Crippen LogP contribution in [-0.2, 0) is 6.42 Å². The predicted octanol–water partition coefficient (Wildman–Crippen LogP) is 5.00. The molecule has 1 fully saturated rings. The summed E-state index contributed by atoms with van der Waals surface area (Å²) < 4.78 is 0. The lowest BCUT2D eigenvalue weighted by atomic mass is 9.81. The van der Waals surface area contributed by atoms with Gasteiger partial charge >= 0.3 is 0 Å². The van der Waals surface area contributed by atoms with Crippen LogP contribution >= 0.6 is 0 Å². The van der Waals surface area contributed by atoms with Crippen LogP contribution in [0.2, 0.25) is 0 Å². The largest absolute Gasteiger partial charge is 0.340 e. The van der Waals surface area contributed by atoms with Gasteiger partial charge in [-0.25, -0.2) is 9.97 Å². The number of fused-ring (bicyclic) bond motifs is 1. The van der Waals surface area contributed by atoms with Gasteiger partial charge in [0.15, 0.2) is 5.78 Å². The quantitative estimate of drug-likeness (QED) is 0.755. The summed E-state index contributed by atoms with van der Waals surface area (Å²) in [5.41, 5.74) is 4.22. The molecular formula is C24H31N3O. The van der Waals surface area contributed by atoms with E-state index in [2.05, 4.69) is 61.8 Å². The fourth-order valence-corrected chi connectivity index (χ4v) is 4.80. The van der Waals surface area contributed by atoms with E-state index in [0.29, 0.717) is 24.2 Å². The van der Waals surface area contributed by atoms with Crippen LogP contribution < -0.4 is 4.90 Å². The van der Waals surface area contributed by atoms with Gasteiger partial charge in [0.25, 0.3) is 0 Å². The Kier molecular flexibility index (Phi) is 5.22. The maximum atomic E-state index is 12.7. The third kappa shape index (κ3) is 3.82. The van der Waals surface area contributed by atoms with E-state index in [0.717, 1.165) is 36.7 Å². The SMILES string of the molecule is CC(C)c1ccc([C@@H]2CC(=O)c3cnc(N4C[C@H](C)C[C@@H](C)C4)nc3C2)cc1. The lowest BCUT2D eigenvalue weighted by Crippen LogP contribution is -2.40. The maximum absolute atomic E-state index is 12.7. The number of benzene rings is 1. The third-order valence-electron chi connectivity index (χ3n) is 6.25. The minimum Gasteiger partial charge on any atom is -0.340 e. The van der Waals surface area contributed by atoms with Gasteiger partial charge in [0.2, 0.25) is 5.95 Å². The molecule has 0 saturated carbocycles. The molecule has 1 aliphatic heterocycles. The van der Waals surface area contributed by atoms with E-state index in [-0.39, 0.29) is 11.7 Å². The summed E-state index contributed by atoms with van der Waals surface area (Å²) in [5, 5.41) is 0. The molecule has 2 aliphatic rings. The van der Waals surface area contributed by atoms with Gasteiger partial charge in [-0.1, -0.05) is 52.0 Å². The minimum atomic E-state index is 0.172. The van der Waals surface area contributed by atoms with Crippen molar-refractivity contribution in [2.75, 3.05) is 18.0 Å². The normalized spacial score (nSPS) is 25.1. The number of hydrogen-bond donors (Lipinski definition) is 0. The lowest BCUT2D eigenvalue weighted by Gasteiger charge is -2.35. The van der Waals surface area contributed by atoms with Gasteiger partial charge < -0.3 is 4.90 Å². The van der Waals surface area contributed by atoms with Crippen LogP contribution in [0.3, 0.4) is 0 Å². The van der Waals surface area contributed by atoms with Gasteiger partial charge in [0.05, 0.1) is 11.3 Å². The number of nitrogens with zero attached hydrogens (tertiary/aromatic N) is 3. The molecule has 0 N–H and O–H groups in total. The molecule has 2 aromatic rings. The van der Waals surface area contributed by atoms with Crippen molar-refractivity contribution < 1.29 is 4.79 Å². The summed E-state index contributed by atoms with van der Waals surface area (Å²) in [7, 11) is 0. The molecule has 0 amide bonds. The zero-order chi connectivity index (χ0) is 19.8. The van der Waals surface area contributed by atoms with Gasteiger partial charge in [-0.15, -0.1) is 0 Å². The summed E-state index contributed by atoms with van der Waals surface area (Å²) in [6, 6.07) is 8.77. The summed E-state index contributed by atoms with van der Waals surface area (Å²) in [4.78, 5) is 24.5. The Bertz CT molecular complexity index is 849. The number of Topliss-reactive ketones (excluding diaryl/α,β-unsaturated/α-hetero) is 1. The van der Waals surface area contributed by atoms with Crippen LogP contribution in [-0.4, -0.2) is 28.8 Å². The molecule has 1 aromatic carbocycles. The second-order valence-corrected chi connectivity index (χ2v) is 9.23. The number of aromatic nitrogens is 2. The smallest absolute Gasteiger partial charge is 0.225 e. The molecule has 1 aliphatic carbocycles.